The summed E-state index contributed by atoms with van der Waals surface area (Å²) >= 11 is 0. The minimum Gasteiger partial charge on any atom is -0.412 e. The third-order valence-corrected chi connectivity index (χ3v) is 3.04. The number of hydrogen-bond acceptors (Lipinski definition) is 3. The summed E-state index contributed by atoms with van der Waals surface area (Å²) in [6, 6.07) is 6.09. The molecule has 0 saturated carbocycles. The summed E-state index contributed by atoms with van der Waals surface area (Å²) in [5, 5.41) is 0. The molecule has 0 spiro atoms. The molecule has 1 radical (unpaired) electrons. The molecule has 0 bridgehead atoms. The van der Waals surface area contributed by atoms with Gasteiger partial charge >= 0.3 is 0 Å². The molecule has 0 saturated heterocycles. The third-order valence-electron chi connectivity index (χ3n) is 1.65. The standard InChI is InChI=1S/C7H5NO3S.Na.2H2O/c9-7-5-3-1-2-4-6(5)12(10,11)8-7;;;/h1-4H,(H,8,9);;2*1H2. The van der Waals surface area contributed by atoms with Crippen LogP contribution in [-0.2, 0) is 10.0 Å². The van der Waals surface area contributed by atoms with Gasteiger partial charge in [0.1, 0.15) is 4.90 Å². The van der Waals surface area contributed by atoms with E-state index in [1.54, 1.807) is 12.1 Å². The summed E-state index contributed by atoms with van der Waals surface area (Å²) in [4.78, 5) is 11.1. The number of amides is 1. The van der Waals surface area contributed by atoms with Crippen molar-refractivity contribution in [3.05, 3.63) is 29.8 Å². The van der Waals surface area contributed by atoms with Gasteiger partial charge in [0.2, 0.25) is 0 Å². The number of benzene rings is 1. The van der Waals surface area contributed by atoms with Gasteiger partial charge in [-0.15, -0.1) is 0 Å². The van der Waals surface area contributed by atoms with Crippen LogP contribution in [0.5, 0.6) is 0 Å². The fraction of sp³-hybridized carbons (Fsp3) is 0. The molecule has 6 nitrogen and oxygen atoms in total. The summed E-state index contributed by atoms with van der Waals surface area (Å²) in [5.41, 5.74) is 0.220. The fourth-order valence-electron chi connectivity index (χ4n) is 1.12. The first-order chi connectivity index (χ1) is 5.61. The molecule has 0 atom stereocenters. The molecular formula is C7H9NNaO5S. The van der Waals surface area contributed by atoms with Crippen LogP contribution in [0.15, 0.2) is 29.2 Å². The Morgan fingerprint density at radius 3 is 2.13 bits per heavy atom. The minimum atomic E-state index is -3.55. The monoisotopic (exact) mass is 242 g/mol. The molecular weight excluding hydrogens is 233 g/mol. The largest absolute Gasteiger partial charge is 0.412 e. The number of carbonyl (C=O) groups excluding carboxylic acids is 1. The first kappa shape index (κ1) is 17.0. The average Bonchev–Trinajstić information content (AvgIpc) is 2.25. The van der Waals surface area contributed by atoms with Crippen LogP contribution in [0.2, 0.25) is 0 Å². The Morgan fingerprint density at radius 1 is 1.07 bits per heavy atom. The Morgan fingerprint density at radius 2 is 1.60 bits per heavy atom. The van der Waals surface area contributed by atoms with Gasteiger partial charge in [0, 0.05) is 29.6 Å². The van der Waals surface area contributed by atoms with Gasteiger partial charge in [-0.05, 0) is 12.1 Å². The summed E-state index contributed by atoms with van der Waals surface area (Å²) < 4.78 is 24.2. The van der Waals surface area contributed by atoms with Gasteiger partial charge < -0.3 is 11.0 Å². The zero-order chi connectivity index (χ0) is 8.77. The number of fused-ring (bicyclic) bond motifs is 1. The van der Waals surface area contributed by atoms with Crippen molar-refractivity contribution in [3.8, 4) is 0 Å². The van der Waals surface area contributed by atoms with Crippen molar-refractivity contribution in [1.29, 1.82) is 0 Å². The van der Waals surface area contributed by atoms with Crippen molar-refractivity contribution in [2.24, 2.45) is 0 Å². The zero-order valence-electron chi connectivity index (χ0n) is 7.94. The van der Waals surface area contributed by atoms with E-state index in [0.717, 1.165) is 0 Å². The summed E-state index contributed by atoms with van der Waals surface area (Å²) in [7, 11) is -3.55. The van der Waals surface area contributed by atoms with Gasteiger partial charge in [0.05, 0.1) is 5.56 Å². The molecule has 1 aromatic carbocycles. The Kier molecular flexibility index (Phi) is 6.33. The van der Waals surface area contributed by atoms with Crippen molar-refractivity contribution < 1.29 is 24.2 Å². The molecule has 0 aromatic heterocycles. The van der Waals surface area contributed by atoms with E-state index in [0.29, 0.717) is 0 Å². The van der Waals surface area contributed by atoms with Crippen LogP contribution in [0.4, 0.5) is 0 Å². The first-order valence-electron chi connectivity index (χ1n) is 3.27. The predicted molar refractivity (Wildman–Crippen MR) is 54.1 cm³/mol. The van der Waals surface area contributed by atoms with Crippen molar-refractivity contribution in [2.75, 3.05) is 0 Å². The van der Waals surface area contributed by atoms with Gasteiger partial charge in [-0.3, -0.25) is 4.79 Å². The predicted octanol–water partition coefficient (Wildman–Crippen LogP) is -1.91. The van der Waals surface area contributed by atoms with E-state index in [1.807, 2.05) is 4.72 Å². The van der Waals surface area contributed by atoms with Crippen LogP contribution >= 0.6 is 0 Å². The van der Waals surface area contributed by atoms with E-state index in [1.165, 1.54) is 12.1 Å². The molecule has 1 amide bonds. The number of hydrogen-bond donors (Lipinski definition) is 1. The molecule has 1 aliphatic rings. The van der Waals surface area contributed by atoms with Crippen LogP contribution in [0.3, 0.4) is 0 Å². The van der Waals surface area contributed by atoms with Crippen LogP contribution in [0.1, 0.15) is 10.4 Å². The SMILES string of the molecule is O.O.O=C1NS(=O)(=O)c2ccccc21.[Na]. The Hall–Kier alpha value is -0.440. The molecule has 79 valence electrons. The molecule has 2 rings (SSSR count). The first-order valence-corrected chi connectivity index (χ1v) is 4.76. The minimum absolute atomic E-state index is 0. The van der Waals surface area contributed by atoms with Crippen molar-refractivity contribution >= 4 is 45.5 Å². The van der Waals surface area contributed by atoms with Crippen LogP contribution in [0, 0.1) is 0 Å². The Labute approximate surface area is 109 Å². The molecule has 0 unspecified atom stereocenters. The number of carbonyl (C=O) groups is 1. The summed E-state index contributed by atoms with van der Waals surface area (Å²) in [6.45, 7) is 0. The smallest absolute Gasteiger partial charge is 0.266 e. The fourth-order valence-corrected chi connectivity index (χ4v) is 2.29. The van der Waals surface area contributed by atoms with E-state index in [9.17, 15) is 13.2 Å². The van der Waals surface area contributed by atoms with E-state index in [-0.39, 0.29) is 51.0 Å². The maximum Gasteiger partial charge on any atom is 0.266 e. The molecule has 1 aromatic rings. The Bertz CT molecular complexity index is 458. The van der Waals surface area contributed by atoms with Gasteiger partial charge in [0.15, 0.2) is 0 Å². The van der Waals surface area contributed by atoms with E-state index in [2.05, 4.69) is 0 Å². The van der Waals surface area contributed by atoms with E-state index >= 15 is 0 Å². The molecule has 0 aliphatic carbocycles. The average molecular weight is 242 g/mol. The van der Waals surface area contributed by atoms with Gasteiger partial charge in [0.25, 0.3) is 15.9 Å². The molecule has 1 aliphatic heterocycles. The molecule has 1 heterocycles. The second kappa shape index (κ2) is 5.59. The number of rotatable bonds is 0. The van der Waals surface area contributed by atoms with Gasteiger partial charge in [-0.25, -0.2) is 13.1 Å². The van der Waals surface area contributed by atoms with E-state index in [4.69, 9.17) is 0 Å². The van der Waals surface area contributed by atoms with Crippen LogP contribution in [-0.4, -0.2) is 54.8 Å². The van der Waals surface area contributed by atoms with Gasteiger partial charge in [-0.2, -0.15) is 0 Å². The van der Waals surface area contributed by atoms with Gasteiger partial charge in [-0.1, -0.05) is 12.1 Å². The topological polar surface area (TPSA) is 126 Å². The Balaban J connectivity index is 0. The van der Waals surface area contributed by atoms with Crippen molar-refractivity contribution in [2.45, 2.75) is 4.90 Å². The summed E-state index contributed by atoms with van der Waals surface area (Å²) in [5.74, 6) is -0.550. The molecule has 8 heteroatoms. The normalized spacial score (nSPS) is 14.8. The molecule has 0 fully saturated rings. The maximum atomic E-state index is 11.1. The second-order valence-electron chi connectivity index (χ2n) is 2.43. The summed E-state index contributed by atoms with van der Waals surface area (Å²) in [6.07, 6.45) is 0. The quantitative estimate of drug-likeness (QED) is 0.533. The van der Waals surface area contributed by atoms with Crippen molar-refractivity contribution in [1.82, 2.24) is 4.72 Å². The molecule has 15 heavy (non-hydrogen) atoms. The molecule has 5 N–H and O–H groups in total. The number of nitrogens with one attached hydrogen (secondary N) is 1. The van der Waals surface area contributed by atoms with E-state index < -0.39 is 15.9 Å². The third kappa shape index (κ3) is 2.77. The number of sulfonamides is 1. The maximum absolute atomic E-state index is 11.1. The zero-order valence-corrected chi connectivity index (χ0v) is 10.8. The van der Waals surface area contributed by atoms with Crippen LogP contribution in [0.25, 0.3) is 0 Å². The second-order valence-corrected chi connectivity index (χ2v) is 4.08. The van der Waals surface area contributed by atoms with Crippen LogP contribution < -0.4 is 4.72 Å². The van der Waals surface area contributed by atoms with Crippen molar-refractivity contribution in [3.63, 3.8) is 0 Å².